The molecule has 1 atom stereocenters. The van der Waals surface area contributed by atoms with E-state index in [1.54, 1.807) is 22.8 Å². The second-order valence-electron chi connectivity index (χ2n) is 6.02. The van der Waals surface area contributed by atoms with E-state index in [9.17, 15) is 9.59 Å². The minimum absolute atomic E-state index is 0.0114. The van der Waals surface area contributed by atoms with Gasteiger partial charge in [0.2, 0.25) is 17.8 Å². The molecule has 10 heteroatoms. The van der Waals surface area contributed by atoms with Crippen LogP contribution in [0.5, 0.6) is 11.5 Å². The van der Waals surface area contributed by atoms with Gasteiger partial charge in [-0.25, -0.2) is 0 Å². The molecule has 9 nitrogen and oxygen atoms in total. The number of hydrogen-bond acceptors (Lipinski definition) is 7. The molecule has 1 aliphatic heterocycles. The van der Waals surface area contributed by atoms with Crippen molar-refractivity contribution in [2.45, 2.75) is 12.5 Å². The third-order valence-electron chi connectivity index (χ3n) is 4.33. The number of carbonyl (C=O) groups excluding carboxylic acids is 2. The van der Waals surface area contributed by atoms with Crippen LogP contribution in [0.4, 0.5) is 11.6 Å². The van der Waals surface area contributed by atoms with Crippen molar-refractivity contribution in [3.05, 3.63) is 35.7 Å². The van der Waals surface area contributed by atoms with Crippen molar-refractivity contribution in [2.75, 3.05) is 24.9 Å². The topological polar surface area (TPSA) is 107 Å². The van der Waals surface area contributed by atoms with Crippen molar-refractivity contribution >= 4 is 34.8 Å². The standard InChI is InChI=1S/C18H17N5O4S/c1-26-12-6-5-10(8-13(12)27-2)19-17(25)11-9-15(24)20-18-22-21-16(23(11)18)14-4-3-7-28-14/h3-8,11H,9H2,1-2H3,(H,19,25)(H,20,22,24). The molecule has 0 saturated heterocycles. The first-order valence-electron chi connectivity index (χ1n) is 8.42. The van der Waals surface area contributed by atoms with E-state index in [1.807, 2.05) is 17.5 Å². The maximum absolute atomic E-state index is 13.0. The summed E-state index contributed by atoms with van der Waals surface area (Å²) in [7, 11) is 3.06. The largest absolute Gasteiger partial charge is 0.493 e. The predicted octanol–water partition coefficient (Wildman–Crippen LogP) is 2.55. The Kier molecular flexibility index (Phi) is 4.70. The van der Waals surface area contributed by atoms with Gasteiger partial charge >= 0.3 is 0 Å². The number of nitrogens with zero attached hydrogens (tertiary/aromatic N) is 3. The molecule has 2 aromatic heterocycles. The monoisotopic (exact) mass is 399 g/mol. The summed E-state index contributed by atoms with van der Waals surface area (Å²) in [6.07, 6.45) is -0.0114. The lowest BCUT2D eigenvalue weighted by Gasteiger charge is -2.25. The number of fused-ring (bicyclic) bond motifs is 1. The van der Waals surface area contributed by atoms with E-state index in [4.69, 9.17) is 9.47 Å². The zero-order valence-corrected chi connectivity index (χ0v) is 15.9. The Morgan fingerprint density at radius 1 is 1.25 bits per heavy atom. The first-order valence-corrected chi connectivity index (χ1v) is 9.30. The summed E-state index contributed by atoms with van der Waals surface area (Å²) in [5.74, 6) is 1.21. The van der Waals surface area contributed by atoms with E-state index in [2.05, 4.69) is 20.8 Å². The lowest BCUT2D eigenvalue weighted by molar-refractivity contribution is -0.125. The third kappa shape index (κ3) is 3.18. The number of benzene rings is 1. The Balaban J connectivity index is 1.66. The zero-order chi connectivity index (χ0) is 19.7. The third-order valence-corrected chi connectivity index (χ3v) is 5.20. The molecule has 3 aromatic rings. The molecule has 1 unspecified atom stereocenters. The Bertz CT molecular complexity index is 1030. The number of nitrogens with one attached hydrogen (secondary N) is 2. The number of amides is 2. The van der Waals surface area contributed by atoms with Crippen LogP contribution in [0, 0.1) is 0 Å². The van der Waals surface area contributed by atoms with Crippen molar-refractivity contribution in [1.29, 1.82) is 0 Å². The Morgan fingerprint density at radius 3 is 2.79 bits per heavy atom. The van der Waals surface area contributed by atoms with Crippen molar-refractivity contribution in [1.82, 2.24) is 14.8 Å². The van der Waals surface area contributed by atoms with Gasteiger partial charge in [0.25, 0.3) is 0 Å². The minimum atomic E-state index is -0.774. The van der Waals surface area contributed by atoms with Gasteiger partial charge in [-0.2, -0.15) is 0 Å². The molecule has 1 aliphatic rings. The van der Waals surface area contributed by atoms with Gasteiger partial charge in [-0.3, -0.25) is 19.5 Å². The number of ether oxygens (including phenoxy) is 2. The minimum Gasteiger partial charge on any atom is -0.493 e. The number of hydrogen-bond donors (Lipinski definition) is 2. The summed E-state index contributed by atoms with van der Waals surface area (Å²) in [5.41, 5.74) is 0.529. The summed E-state index contributed by atoms with van der Waals surface area (Å²) in [6.45, 7) is 0. The van der Waals surface area contributed by atoms with Crippen LogP contribution in [0.1, 0.15) is 12.5 Å². The lowest BCUT2D eigenvalue weighted by atomic mass is 10.1. The maximum atomic E-state index is 13.0. The Hall–Kier alpha value is -3.40. The van der Waals surface area contributed by atoms with Crippen LogP contribution in [0.25, 0.3) is 10.7 Å². The first kappa shape index (κ1) is 18.0. The molecular weight excluding hydrogens is 382 g/mol. The van der Waals surface area contributed by atoms with Gasteiger partial charge in [0.15, 0.2) is 17.3 Å². The highest BCUT2D eigenvalue weighted by Crippen LogP contribution is 2.34. The number of carbonyl (C=O) groups is 2. The smallest absolute Gasteiger partial charge is 0.248 e. The number of anilines is 2. The van der Waals surface area contributed by atoms with Crippen LogP contribution in [0.2, 0.25) is 0 Å². The van der Waals surface area contributed by atoms with E-state index in [-0.39, 0.29) is 24.2 Å². The molecule has 1 aromatic carbocycles. The fourth-order valence-electron chi connectivity index (χ4n) is 3.04. The molecule has 0 bridgehead atoms. The van der Waals surface area contributed by atoms with Crippen LogP contribution in [0.15, 0.2) is 35.7 Å². The molecule has 4 rings (SSSR count). The summed E-state index contributed by atoms with van der Waals surface area (Å²) < 4.78 is 12.1. The lowest BCUT2D eigenvalue weighted by Crippen LogP contribution is -2.35. The number of thiophene rings is 1. The Morgan fingerprint density at radius 2 is 2.07 bits per heavy atom. The first-order chi connectivity index (χ1) is 13.6. The molecule has 0 spiro atoms. The van der Waals surface area contributed by atoms with Crippen LogP contribution < -0.4 is 20.1 Å². The van der Waals surface area contributed by atoms with E-state index in [1.165, 1.54) is 25.6 Å². The Labute approximate surface area is 164 Å². The summed E-state index contributed by atoms with van der Waals surface area (Å²) in [4.78, 5) is 25.9. The molecule has 28 heavy (non-hydrogen) atoms. The molecular formula is C18H17N5O4S. The fourth-order valence-corrected chi connectivity index (χ4v) is 3.74. The highest BCUT2D eigenvalue weighted by molar-refractivity contribution is 7.13. The van der Waals surface area contributed by atoms with E-state index in [0.29, 0.717) is 23.0 Å². The molecule has 2 N–H and O–H groups in total. The van der Waals surface area contributed by atoms with Gasteiger partial charge in [0, 0.05) is 11.8 Å². The van der Waals surface area contributed by atoms with E-state index < -0.39 is 6.04 Å². The molecule has 144 valence electrons. The quantitative estimate of drug-likeness (QED) is 0.683. The van der Waals surface area contributed by atoms with Gasteiger partial charge in [-0.05, 0) is 23.6 Å². The summed E-state index contributed by atoms with van der Waals surface area (Å²) >= 11 is 1.48. The van der Waals surface area contributed by atoms with Gasteiger partial charge in [-0.1, -0.05) is 6.07 Å². The predicted molar refractivity (Wildman–Crippen MR) is 104 cm³/mol. The van der Waals surface area contributed by atoms with E-state index >= 15 is 0 Å². The molecule has 0 fully saturated rings. The maximum Gasteiger partial charge on any atom is 0.248 e. The van der Waals surface area contributed by atoms with Gasteiger partial charge in [0.1, 0.15) is 6.04 Å². The molecule has 2 amide bonds. The molecule has 3 heterocycles. The second-order valence-corrected chi connectivity index (χ2v) is 6.97. The van der Waals surface area contributed by atoms with Crippen molar-refractivity contribution < 1.29 is 19.1 Å². The normalized spacial score (nSPS) is 15.5. The summed E-state index contributed by atoms with van der Waals surface area (Å²) in [6, 6.07) is 8.07. The van der Waals surface area contributed by atoms with Crippen LogP contribution in [-0.2, 0) is 9.59 Å². The highest BCUT2D eigenvalue weighted by Gasteiger charge is 2.34. The van der Waals surface area contributed by atoms with Gasteiger partial charge in [0.05, 0.1) is 25.5 Å². The number of rotatable bonds is 5. The van der Waals surface area contributed by atoms with E-state index in [0.717, 1.165) is 4.88 Å². The van der Waals surface area contributed by atoms with Crippen molar-refractivity contribution in [3.63, 3.8) is 0 Å². The molecule has 0 saturated carbocycles. The van der Waals surface area contributed by atoms with Gasteiger partial charge < -0.3 is 14.8 Å². The zero-order valence-electron chi connectivity index (χ0n) is 15.1. The second kappa shape index (κ2) is 7.31. The van der Waals surface area contributed by atoms with Crippen molar-refractivity contribution in [3.8, 4) is 22.2 Å². The molecule has 0 aliphatic carbocycles. The van der Waals surface area contributed by atoms with Crippen LogP contribution in [0.3, 0.4) is 0 Å². The number of aromatic nitrogens is 3. The average Bonchev–Trinajstić information content (AvgIpc) is 3.36. The van der Waals surface area contributed by atoms with Gasteiger partial charge in [-0.15, -0.1) is 21.5 Å². The fraction of sp³-hybridized carbons (Fsp3) is 0.222. The molecule has 0 radical (unpaired) electrons. The summed E-state index contributed by atoms with van der Waals surface area (Å²) in [5, 5.41) is 15.6. The number of methoxy groups -OCH3 is 2. The van der Waals surface area contributed by atoms with Crippen molar-refractivity contribution in [2.24, 2.45) is 0 Å². The van der Waals surface area contributed by atoms with Crippen LogP contribution >= 0.6 is 11.3 Å². The SMILES string of the molecule is COc1ccc(NC(=O)C2CC(=O)Nc3nnc(-c4cccs4)n32)cc1OC. The highest BCUT2D eigenvalue weighted by atomic mass is 32.1. The average molecular weight is 399 g/mol. The van der Waals surface area contributed by atoms with Crippen LogP contribution in [-0.4, -0.2) is 40.8 Å².